The molecule has 1 N–H and O–H groups in total. The Morgan fingerprint density at radius 2 is 2.11 bits per heavy atom. The molecular formula is C16H24ClNO. The van der Waals surface area contributed by atoms with Crippen LogP contribution >= 0.6 is 11.6 Å². The van der Waals surface area contributed by atoms with Gasteiger partial charge in [0.1, 0.15) is 0 Å². The maximum atomic E-state index is 6.25. The zero-order valence-corrected chi connectivity index (χ0v) is 12.7. The maximum Gasteiger partial charge on any atom is 0.0468 e. The molecule has 1 unspecified atom stereocenters. The fraction of sp³-hybridized carbons (Fsp3) is 0.625. The normalized spacial score (nSPS) is 18.5. The molecule has 2 nitrogen and oxygen atoms in total. The molecule has 19 heavy (non-hydrogen) atoms. The molecule has 1 aromatic carbocycles. The van der Waals surface area contributed by atoms with E-state index < -0.39 is 0 Å². The first-order chi connectivity index (χ1) is 9.20. The summed E-state index contributed by atoms with van der Waals surface area (Å²) in [5.74, 6) is 0.762. The highest BCUT2D eigenvalue weighted by atomic mass is 35.5. The van der Waals surface area contributed by atoms with Gasteiger partial charge in [0.25, 0.3) is 0 Å². The predicted molar refractivity (Wildman–Crippen MR) is 80.8 cm³/mol. The van der Waals surface area contributed by atoms with Gasteiger partial charge in [0, 0.05) is 24.3 Å². The van der Waals surface area contributed by atoms with Crippen molar-refractivity contribution in [1.82, 2.24) is 5.32 Å². The van der Waals surface area contributed by atoms with Gasteiger partial charge >= 0.3 is 0 Å². The quantitative estimate of drug-likeness (QED) is 0.877. The number of aryl methyl sites for hydroxylation is 1. The number of hydrogen-bond acceptors (Lipinski definition) is 2. The van der Waals surface area contributed by atoms with Gasteiger partial charge in [-0.05, 0) is 55.8 Å². The van der Waals surface area contributed by atoms with E-state index >= 15 is 0 Å². The van der Waals surface area contributed by atoms with Crippen LogP contribution in [0.1, 0.15) is 43.4 Å². The van der Waals surface area contributed by atoms with Crippen molar-refractivity contribution in [3.63, 3.8) is 0 Å². The Labute approximate surface area is 121 Å². The summed E-state index contributed by atoms with van der Waals surface area (Å²) < 4.78 is 5.44. The highest BCUT2D eigenvalue weighted by Gasteiger charge is 2.20. The van der Waals surface area contributed by atoms with Gasteiger partial charge in [-0.3, -0.25) is 0 Å². The van der Waals surface area contributed by atoms with Crippen LogP contribution in [0.5, 0.6) is 0 Å². The van der Waals surface area contributed by atoms with Crippen molar-refractivity contribution in [2.24, 2.45) is 5.92 Å². The summed E-state index contributed by atoms with van der Waals surface area (Å²) in [7, 11) is 0. The van der Waals surface area contributed by atoms with Crippen LogP contribution in [0.3, 0.4) is 0 Å². The molecule has 106 valence electrons. The number of nitrogens with one attached hydrogen (secondary N) is 1. The average Bonchev–Trinajstić information content (AvgIpc) is 2.43. The largest absolute Gasteiger partial charge is 0.381 e. The van der Waals surface area contributed by atoms with Crippen molar-refractivity contribution in [2.45, 2.75) is 39.2 Å². The zero-order valence-electron chi connectivity index (χ0n) is 11.9. The Balaban J connectivity index is 2.07. The van der Waals surface area contributed by atoms with E-state index in [-0.39, 0.29) is 0 Å². The van der Waals surface area contributed by atoms with Crippen LogP contribution in [0.4, 0.5) is 0 Å². The Hall–Kier alpha value is -0.570. The van der Waals surface area contributed by atoms with Crippen LogP contribution in [0.25, 0.3) is 0 Å². The average molecular weight is 282 g/mol. The lowest BCUT2D eigenvalue weighted by molar-refractivity contribution is 0.0606. The third kappa shape index (κ3) is 4.20. The minimum atomic E-state index is 0.409. The van der Waals surface area contributed by atoms with E-state index in [0.29, 0.717) is 6.04 Å². The van der Waals surface area contributed by atoms with Crippen molar-refractivity contribution >= 4 is 11.6 Å². The third-order valence-electron chi connectivity index (χ3n) is 3.96. The second kappa shape index (κ2) is 7.28. The van der Waals surface area contributed by atoms with E-state index in [2.05, 4.69) is 30.4 Å². The van der Waals surface area contributed by atoms with Gasteiger partial charge in [0.05, 0.1) is 0 Å². The highest BCUT2D eigenvalue weighted by molar-refractivity contribution is 6.31. The van der Waals surface area contributed by atoms with Crippen LogP contribution in [0, 0.1) is 12.8 Å². The van der Waals surface area contributed by atoms with Crippen molar-refractivity contribution in [1.29, 1.82) is 0 Å². The second-order valence-corrected chi connectivity index (χ2v) is 5.82. The summed E-state index contributed by atoms with van der Waals surface area (Å²) >= 11 is 6.25. The van der Waals surface area contributed by atoms with Gasteiger partial charge in [-0.25, -0.2) is 0 Å². The summed E-state index contributed by atoms with van der Waals surface area (Å²) in [4.78, 5) is 0. The summed E-state index contributed by atoms with van der Waals surface area (Å²) in [6.07, 6.45) is 3.54. The molecule has 0 spiro atoms. The lowest BCUT2D eigenvalue weighted by atomic mass is 9.89. The number of ether oxygens (including phenoxy) is 1. The first kappa shape index (κ1) is 14.8. The van der Waals surface area contributed by atoms with Gasteiger partial charge in [-0.15, -0.1) is 0 Å². The molecule has 0 saturated carbocycles. The zero-order chi connectivity index (χ0) is 13.7. The molecule has 1 aromatic rings. The molecule has 2 rings (SSSR count). The van der Waals surface area contributed by atoms with Crippen LogP contribution < -0.4 is 5.32 Å². The number of benzene rings is 1. The van der Waals surface area contributed by atoms with Crippen molar-refractivity contribution < 1.29 is 4.74 Å². The number of rotatable bonds is 5. The van der Waals surface area contributed by atoms with Gasteiger partial charge in [-0.1, -0.05) is 30.7 Å². The summed E-state index contributed by atoms with van der Waals surface area (Å²) in [6.45, 7) is 7.02. The molecule has 1 saturated heterocycles. The smallest absolute Gasteiger partial charge is 0.0468 e. The SMILES string of the molecule is CCNC(CC1CCOCC1)c1ccc(C)c(Cl)c1. The molecule has 1 atom stereocenters. The molecule has 1 aliphatic heterocycles. The predicted octanol–water partition coefficient (Wildman–Crippen LogP) is 4.12. The molecule has 0 bridgehead atoms. The monoisotopic (exact) mass is 281 g/mol. The Morgan fingerprint density at radius 3 is 2.74 bits per heavy atom. The van der Waals surface area contributed by atoms with E-state index in [9.17, 15) is 0 Å². The highest BCUT2D eigenvalue weighted by Crippen LogP contribution is 2.29. The van der Waals surface area contributed by atoms with Crippen LogP contribution in [-0.4, -0.2) is 19.8 Å². The summed E-state index contributed by atoms with van der Waals surface area (Å²) in [5, 5.41) is 4.46. The van der Waals surface area contributed by atoms with Gasteiger partial charge in [0.2, 0.25) is 0 Å². The van der Waals surface area contributed by atoms with Crippen LogP contribution in [-0.2, 0) is 4.74 Å². The minimum Gasteiger partial charge on any atom is -0.381 e. The van der Waals surface area contributed by atoms with Crippen LogP contribution in [0.2, 0.25) is 5.02 Å². The molecular weight excluding hydrogens is 258 g/mol. The summed E-state index contributed by atoms with van der Waals surface area (Å²) in [6, 6.07) is 6.84. The molecule has 0 aliphatic carbocycles. The second-order valence-electron chi connectivity index (χ2n) is 5.41. The third-order valence-corrected chi connectivity index (χ3v) is 4.37. The first-order valence-corrected chi connectivity index (χ1v) is 7.65. The lowest BCUT2D eigenvalue weighted by Crippen LogP contribution is -2.26. The molecule has 0 amide bonds. The molecule has 1 fully saturated rings. The Morgan fingerprint density at radius 1 is 1.37 bits per heavy atom. The minimum absolute atomic E-state index is 0.409. The van der Waals surface area contributed by atoms with E-state index in [4.69, 9.17) is 16.3 Å². The molecule has 1 aliphatic rings. The Kier molecular flexibility index (Phi) is 5.68. The number of hydrogen-bond donors (Lipinski definition) is 1. The van der Waals surface area contributed by atoms with Gasteiger partial charge in [0.15, 0.2) is 0 Å². The fourth-order valence-electron chi connectivity index (χ4n) is 2.72. The van der Waals surface area contributed by atoms with Crippen molar-refractivity contribution in [3.05, 3.63) is 34.3 Å². The van der Waals surface area contributed by atoms with E-state index in [1.807, 2.05) is 6.92 Å². The lowest BCUT2D eigenvalue weighted by Gasteiger charge is -2.27. The Bertz CT molecular complexity index is 402. The topological polar surface area (TPSA) is 21.3 Å². The van der Waals surface area contributed by atoms with Crippen molar-refractivity contribution in [2.75, 3.05) is 19.8 Å². The molecule has 0 radical (unpaired) electrons. The molecule has 0 aromatic heterocycles. The summed E-state index contributed by atoms with van der Waals surface area (Å²) in [5.41, 5.74) is 2.45. The maximum absolute atomic E-state index is 6.25. The van der Waals surface area contributed by atoms with E-state index in [0.717, 1.165) is 36.3 Å². The van der Waals surface area contributed by atoms with Crippen molar-refractivity contribution in [3.8, 4) is 0 Å². The first-order valence-electron chi connectivity index (χ1n) is 7.28. The van der Waals surface area contributed by atoms with Crippen LogP contribution in [0.15, 0.2) is 18.2 Å². The molecule has 3 heteroatoms. The van der Waals surface area contributed by atoms with E-state index in [1.165, 1.54) is 24.8 Å². The number of halogens is 1. The van der Waals surface area contributed by atoms with Gasteiger partial charge in [-0.2, -0.15) is 0 Å². The van der Waals surface area contributed by atoms with Gasteiger partial charge < -0.3 is 10.1 Å². The fourth-order valence-corrected chi connectivity index (χ4v) is 2.91. The molecule has 1 heterocycles. The standard InChI is InChI=1S/C16H24ClNO/c1-3-18-16(10-13-6-8-19-9-7-13)14-5-4-12(2)15(17)11-14/h4-5,11,13,16,18H,3,6-10H2,1-2H3. The van der Waals surface area contributed by atoms with E-state index in [1.54, 1.807) is 0 Å².